The molecule has 4 aromatic carbocycles. The van der Waals surface area contributed by atoms with Crippen molar-refractivity contribution >= 4 is 71.6 Å². The average Bonchev–Trinajstić information content (AvgIpc) is 0.762. The molecule has 52 heteroatoms. The molecule has 0 saturated heterocycles. The summed E-state index contributed by atoms with van der Waals surface area (Å²) in [5.74, 6) is -43.8. The predicted molar refractivity (Wildman–Crippen MR) is 472 cm³/mol. The number of carboxylic acid groups (broad SMARTS) is 2. The summed E-state index contributed by atoms with van der Waals surface area (Å²) in [5, 5.41) is 17.5. The van der Waals surface area contributed by atoms with E-state index in [4.69, 9.17) is 48.1 Å². The summed E-state index contributed by atoms with van der Waals surface area (Å²) in [6, 6.07) is 31.1. The van der Waals surface area contributed by atoms with Crippen molar-refractivity contribution in [2.24, 2.45) is 0 Å². The summed E-state index contributed by atoms with van der Waals surface area (Å²) in [5.41, 5.74) is 0.865. The second-order valence-corrected chi connectivity index (χ2v) is 27.1. The maximum absolute atomic E-state index is 12.8. The number of esters is 10. The first-order valence-electron chi connectivity index (χ1n) is 40.4. The van der Waals surface area contributed by atoms with Crippen molar-refractivity contribution in [3.8, 4) is 23.0 Å². The van der Waals surface area contributed by atoms with Crippen LogP contribution in [0.25, 0.3) is 0 Å². The molecule has 2 N–H and O–H groups in total. The quantitative estimate of drug-likeness (QED) is 0.0136. The molecule has 0 aliphatic rings. The number of aromatic carboxylic acids is 2. The molecule has 0 aliphatic heterocycles. The Morgan fingerprint density at radius 2 is 0.531 bits per heavy atom. The molecule has 0 fully saturated rings. The fourth-order valence-corrected chi connectivity index (χ4v) is 7.04. The third-order valence-corrected chi connectivity index (χ3v) is 14.4. The Balaban J connectivity index is -0.000000374. The highest BCUT2D eigenvalue weighted by Gasteiger charge is 2.77. The third kappa shape index (κ3) is 69.1. The van der Waals surface area contributed by atoms with E-state index in [0.29, 0.717) is 113 Å². The first kappa shape index (κ1) is 141. The summed E-state index contributed by atoms with van der Waals surface area (Å²) in [6.07, 6.45) is -12.8. The normalized spacial score (nSPS) is 10.7. The van der Waals surface area contributed by atoms with Crippen molar-refractivity contribution in [2.45, 2.75) is 128 Å². The van der Waals surface area contributed by atoms with Gasteiger partial charge < -0.3 is 86.0 Å². The number of hydrogen-bond acceptors (Lipinski definition) is 28. The van der Waals surface area contributed by atoms with Crippen LogP contribution in [0.4, 0.5) is 96.6 Å². The van der Waals surface area contributed by atoms with Crippen LogP contribution in [0.3, 0.4) is 0 Å². The lowest BCUT2D eigenvalue weighted by Crippen LogP contribution is -2.59. The topological polar surface area (TPSA) is 393 Å². The Morgan fingerprint density at radius 1 is 0.297 bits per heavy atom. The molecular weight excluding hydrogens is 2010 g/mol. The lowest BCUT2D eigenvalue weighted by Gasteiger charge is -2.31. The highest BCUT2D eigenvalue weighted by Crippen LogP contribution is 2.50. The fourth-order valence-electron chi connectivity index (χ4n) is 7.04. The number of para-hydroxylation sites is 2. The maximum atomic E-state index is 12.8. The van der Waals surface area contributed by atoms with Gasteiger partial charge in [-0.05, 0) is 140 Å². The van der Waals surface area contributed by atoms with Crippen LogP contribution in [0, 0.1) is 0 Å². The molecule has 0 atom stereocenters. The van der Waals surface area contributed by atoms with Crippen molar-refractivity contribution in [1.82, 2.24) is 0 Å². The number of unbranched alkanes of at least 4 members (excludes halogenated alkanes) is 2. The molecule has 0 radical (unpaired) electrons. The van der Waals surface area contributed by atoms with E-state index in [1.54, 1.807) is 59.3 Å². The number of methoxy groups -OCH3 is 2. The smallest absolute Gasteiger partial charge is 0.494 e. The van der Waals surface area contributed by atoms with Gasteiger partial charge in [-0.1, -0.05) is 102 Å². The van der Waals surface area contributed by atoms with Gasteiger partial charge in [0.2, 0.25) is 0 Å². The number of carboxylic acids is 2. The molecular formula is C93H108F22O30. The van der Waals surface area contributed by atoms with Gasteiger partial charge in [0, 0.05) is 72.0 Å². The van der Waals surface area contributed by atoms with Crippen molar-refractivity contribution in [3.63, 3.8) is 0 Å². The fraction of sp³-hybridized carbons (Fsp3) is 0.398. The Morgan fingerprint density at radius 3 is 0.800 bits per heavy atom. The van der Waals surface area contributed by atoms with Gasteiger partial charge in [0.15, 0.2) is 19.8 Å². The van der Waals surface area contributed by atoms with Gasteiger partial charge >= 0.3 is 133 Å². The van der Waals surface area contributed by atoms with Gasteiger partial charge in [0.1, 0.15) is 62.6 Å². The van der Waals surface area contributed by atoms with Crippen LogP contribution < -0.4 is 18.9 Å². The molecule has 814 valence electrons. The molecule has 0 bridgehead atoms. The summed E-state index contributed by atoms with van der Waals surface area (Å²) < 4.78 is 338. The van der Waals surface area contributed by atoms with Crippen LogP contribution in [0.15, 0.2) is 233 Å². The molecule has 0 unspecified atom stereocenters. The number of ether oxygens (including phenoxy) is 16. The minimum Gasteiger partial charge on any atom is -0.494 e. The number of hydrogen-bond donors (Lipinski definition) is 2. The van der Waals surface area contributed by atoms with Crippen LogP contribution >= 0.6 is 0 Å². The summed E-state index contributed by atoms with van der Waals surface area (Å²) in [7, 11) is 3.09. The highest BCUT2D eigenvalue weighted by molar-refractivity contribution is 5.90. The zero-order valence-electron chi connectivity index (χ0n) is 79.0. The van der Waals surface area contributed by atoms with Crippen LogP contribution in [0.2, 0.25) is 0 Å². The number of rotatable bonds is 49. The van der Waals surface area contributed by atoms with Gasteiger partial charge in [0.25, 0.3) is 0 Å². The molecule has 0 saturated carbocycles. The van der Waals surface area contributed by atoms with E-state index in [2.05, 4.69) is 104 Å². The molecule has 0 spiro atoms. The van der Waals surface area contributed by atoms with Gasteiger partial charge in [0.05, 0.1) is 50.8 Å². The second kappa shape index (κ2) is 75.3. The third-order valence-electron chi connectivity index (χ3n) is 14.4. The maximum Gasteiger partial charge on any atom is 0.575 e. The van der Waals surface area contributed by atoms with Crippen molar-refractivity contribution in [3.05, 3.63) is 244 Å². The lowest BCUT2D eigenvalue weighted by atomic mass is 10.1. The molecule has 4 aromatic rings. The minimum absolute atomic E-state index is 0.0470. The van der Waals surface area contributed by atoms with Crippen LogP contribution in [-0.2, 0) is 105 Å². The van der Waals surface area contributed by atoms with Crippen LogP contribution in [0.1, 0.15) is 87.9 Å². The van der Waals surface area contributed by atoms with Gasteiger partial charge in [-0.3, -0.25) is 0 Å². The first-order chi connectivity index (χ1) is 67.0. The molecule has 0 amide bonds. The zero-order chi connectivity index (χ0) is 113. The average molecular weight is 2120 g/mol. The number of carbonyl (C=O) groups is 12. The second-order valence-electron chi connectivity index (χ2n) is 27.1. The lowest BCUT2D eigenvalue weighted by molar-refractivity contribution is -0.344. The Labute approximate surface area is 817 Å². The van der Waals surface area contributed by atoms with Crippen molar-refractivity contribution in [1.29, 1.82) is 0 Å². The number of benzene rings is 4. The van der Waals surface area contributed by atoms with Gasteiger partial charge in [-0.15, -0.1) is 13.2 Å². The monoisotopic (exact) mass is 2120 g/mol. The van der Waals surface area contributed by atoms with E-state index >= 15 is 0 Å². The number of halogens is 22. The Hall–Kier alpha value is -14.5. The summed E-state index contributed by atoms with van der Waals surface area (Å²) >= 11 is 0. The standard InChI is InChI=1S/C15H18O5.C14H16O5.C12H14O3.C11H12O3.C9H8F8O2.C8H6F8O2.C7H12O3.C6H7F3O2.C6H10O3.C5H5F3O2/c1-11(2)15(18)20-10-4-3-9-19-13-7-5-12(6-8-13)14(16)17;1-2-13(15)19-10-4-3-9-18-12-7-5-11(6-8-12)14(16)17;1-10(2)12(13)15-9-8-14-11-6-4-3-5-7-11;1-2-11(12)14-9-8-13-10-6-4-3-5-7-10;1-4(2)5(18)19-3-7(12,13)9(16,17)8(14,15)6(10)11;1-2-4(17)18-3-6(11,12)8(15,16)7(13,14)5(9)10;1-6(2)7(8)10-5-4-9-3;1-4(2)5(10)11-3-6(7,8)9;1-3-6(7)9-5-4-8-2;1-3(2)4(9)10-5(6,7)8/h5-8H,1,3-4,9-10H2,2H3,(H,16,17);2,5-8H,1,3-4,9-10H2,(H,16,17);3-7H,1,8-9H2,2H3;2-7H,1,8-9H2;6H,1,3H2,2H3;2,5H,1,3H2;1,4-5H2,2-3H3;1,3H2,2H3;3H,1,4-5H2,2H3;1H2,2H3. The highest BCUT2D eigenvalue weighted by atomic mass is 19.4. The van der Waals surface area contributed by atoms with Gasteiger partial charge in [-0.2, -0.15) is 65.9 Å². The number of alkyl halides is 22. The van der Waals surface area contributed by atoms with Crippen LogP contribution in [-0.4, -0.2) is 256 Å². The summed E-state index contributed by atoms with van der Waals surface area (Å²) in [6.45, 7) is 37.9. The summed E-state index contributed by atoms with van der Waals surface area (Å²) in [4.78, 5) is 127. The first-order valence-corrected chi connectivity index (χ1v) is 40.4. The van der Waals surface area contributed by atoms with E-state index in [1.807, 2.05) is 60.7 Å². The molecule has 0 aromatic heterocycles. The zero-order valence-corrected chi connectivity index (χ0v) is 79.0. The number of carbonyl (C=O) groups excluding carboxylic acids is 10. The molecule has 4 rings (SSSR count). The Bertz CT molecular complexity index is 4680. The van der Waals surface area contributed by atoms with E-state index < -0.39 is 140 Å². The molecule has 0 heterocycles. The van der Waals surface area contributed by atoms with Gasteiger partial charge in [-0.25, -0.2) is 75.1 Å². The minimum atomic E-state index is -6.39. The van der Waals surface area contributed by atoms with E-state index in [1.165, 1.54) is 31.2 Å². The molecule has 30 nitrogen and oxygen atoms in total. The van der Waals surface area contributed by atoms with E-state index in [0.717, 1.165) is 56.4 Å². The van der Waals surface area contributed by atoms with Crippen LogP contribution in [0.5, 0.6) is 23.0 Å². The van der Waals surface area contributed by atoms with E-state index in [9.17, 15) is 154 Å². The Kier molecular flexibility index (Phi) is 73.3. The van der Waals surface area contributed by atoms with Crippen molar-refractivity contribution < 1.29 is 240 Å². The molecule has 0 aliphatic carbocycles. The predicted octanol–water partition coefficient (Wildman–Crippen LogP) is 19.5. The largest absolute Gasteiger partial charge is 0.575 e. The SMILES string of the molecule is C=C(C)C(=O)OC(F)(F)F.C=C(C)C(=O)OCC(F)(F)C(F)(F)C(F)(F)C(F)F.C=C(C)C(=O)OCC(F)(F)F.C=C(C)C(=O)OCCCCOc1ccc(C(=O)O)cc1.C=C(C)C(=O)OCCOC.C=C(C)C(=O)OCCOc1ccccc1.C=CC(=O)OCC(F)(F)C(F)(F)C(F)(F)C(F)F.C=CC(=O)OCCCCOc1ccc(C(=O)O)cc1.C=CC(=O)OCCOC.C=CC(=O)OCCOc1ccccc1. The van der Waals surface area contributed by atoms with E-state index in [-0.39, 0.29) is 53.4 Å². The van der Waals surface area contributed by atoms with Crippen molar-refractivity contribution in [2.75, 3.05) is 113 Å². The molecule has 145 heavy (non-hydrogen) atoms.